The summed E-state index contributed by atoms with van der Waals surface area (Å²) in [5, 5.41) is 9.42. The van der Waals surface area contributed by atoms with E-state index >= 15 is 0 Å². The van der Waals surface area contributed by atoms with Crippen LogP contribution in [0.2, 0.25) is 0 Å². The Morgan fingerprint density at radius 2 is 1.89 bits per heavy atom. The normalized spacial score (nSPS) is 14.6. The van der Waals surface area contributed by atoms with E-state index in [1.165, 1.54) is 20.8 Å². The molecule has 7 heteroatoms. The first-order valence-electron chi connectivity index (χ1n) is 5.23. The van der Waals surface area contributed by atoms with Crippen LogP contribution in [0.1, 0.15) is 20.8 Å². The quantitative estimate of drug-likeness (QED) is 0.875. The number of rotatable bonds is 4. The number of aliphatic hydroxyl groups excluding tert-OH is 1. The van der Waals surface area contributed by atoms with Gasteiger partial charge in [0.25, 0.3) is 0 Å². The third-order valence-corrected chi connectivity index (χ3v) is 4.33. The summed E-state index contributed by atoms with van der Waals surface area (Å²) in [7, 11) is -4.16. The summed E-state index contributed by atoms with van der Waals surface area (Å²) in [4.78, 5) is -0.655. The second-order valence-electron chi connectivity index (χ2n) is 4.58. The van der Waals surface area contributed by atoms with E-state index in [2.05, 4.69) is 4.72 Å². The fraction of sp³-hybridized carbons (Fsp3) is 0.455. The van der Waals surface area contributed by atoms with Crippen LogP contribution < -0.4 is 4.72 Å². The van der Waals surface area contributed by atoms with E-state index in [0.717, 1.165) is 12.1 Å². The molecule has 4 nitrogen and oxygen atoms in total. The van der Waals surface area contributed by atoms with E-state index in [0.29, 0.717) is 6.07 Å². The molecule has 0 aromatic heterocycles. The highest BCUT2D eigenvalue weighted by atomic mass is 32.2. The van der Waals surface area contributed by atoms with Gasteiger partial charge >= 0.3 is 0 Å². The summed E-state index contributed by atoms with van der Waals surface area (Å²) in [6.07, 6.45) is -0.976. The highest BCUT2D eigenvalue weighted by Gasteiger charge is 2.31. The van der Waals surface area contributed by atoms with Gasteiger partial charge < -0.3 is 5.11 Å². The Hall–Kier alpha value is -1.05. The maximum Gasteiger partial charge on any atom is 0.244 e. The summed E-state index contributed by atoms with van der Waals surface area (Å²) in [6, 6.07) is 2.18. The average molecular weight is 279 g/mol. The SMILES string of the molecule is CC(O)C(C)(C)NS(=O)(=O)c1ccc(F)cc1F. The van der Waals surface area contributed by atoms with Crippen molar-refractivity contribution in [1.29, 1.82) is 0 Å². The first kappa shape index (κ1) is 15.0. The van der Waals surface area contributed by atoms with Gasteiger partial charge in [0, 0.05) is 6.07 Å². The van der Waals surface area contributed by atoms with Gasteiger partial charge in [0.15, 0.2) is 0 Å². The highest BCUT2D eigenvalue weighted by Crippen LogP contribution is 2.19. The van der Waals surface area contributed by atoms with Gasteiger partial charge in [-0.25, -0.2) is 21.9 Å². The number of hydrogen-bond acceptors (Lipinski definition) is 3. The summed E-state index contributed by atoms with van der Waals surface area (Å²) < 4.78 is 52.1. The number of hydrogen-bond donors (Lipinski definition) is 2. The lowest BCUT2D eigenvalue weighted by Crippen LogP contribution is -2.50. The summed E-state index contributed by atoms with van der Waals surface area (Å²) in [5.41, 5.74) is -1.17. The Bertz CT molecular complexity index is 541. The fourth-order valence-corrected chi connectivity index (χ4v) is 2.72. The van der Waals surface area contributed by atoms with Crippen LogP contribution in [-0.4, -0.2) is 25.2 Å². The second-order valence-corrected chi connectivity index (χ2v) is 6.23. The van der Waals surface area contributed by atoms with Crippen LogP contribution in [0.5, 0.6) is 0 Å². The van der Waals surface area contributed by atoms with E-state index in [9.17, 15) is 22.3 Å². The topological polar surface area (TPSA) is 66.4 Å². The van der Waals surface area contributed by atoms with Crippen molar-refractivity contribution in [2.45, 2.75) is 37.3 Å². The van der Waals surface area contributed by atoms with Crippen LogP contribution in [0.3, 0.4) is 0 Å². The smallest absolute Gasteiger partial charge is 0.244 e. The molecule has 0 saturated carbocycles. The summed E-state index contributed by atoms with van der Waals surface area (Å²) >= 11 is 0. The zero-order valence-electron chi connectivity index (χ0n) is 10.2. The van der Waals surface area contributed by atoms with Gasteiger partial charge in [-0.1, -0.05) is 0 Å². The molecule has 0 saturated heterocycles. The molecule has 0 fully saturated rings. The molecule has 1 atom stereocenters. The molecule has 1 aromatic carbocycles. The van der Waals surface area contributed by atoms with Crippen molar-refractivity contribution < 1.29 is 22.3 Å². The minimum absolute atomic E-state index is 0.490. The Morgan fingerprint density at radius 3 is 2.33 bits per heavy atom. The number of sulfonamides is 1. The number of aliphatic hydroxyl groups is 1. The van der Waals surface area contributed by atoms with E-state index in [4.69, 9.17) is 0 Å². The van der Waals surface area contributed by atoms with Crippen molar-refractivity contribution in [1.82, 2.24) is 4.72 Å². The standard InChI is InChI=1S/C11H15F2NO3S/c1-7(15)11(2,3)14-18(16,17)10-5-4-8(12)6-9(10)13/h4-7,14-15H,1-3H3. The minimum Gasteiger partial charge on any atom is -0.391 e. The van der Waals surface area contributed by atoms with Crippen molar-refractivity contribution in [2.75, 3.05) is 0 Å². The molecule has 0 radical (unpaired) electrons. The average Bonchev–Trinajstić information content (AvgIpc) is 2.14. The third kappa shape index (κ3) is 3.24. The molecular weight excluding hydrogens is 264 g/mol. The van der Waals surface area contributed by atoms with E-state index in [1.807, 2.05) is 0 Å². The molecule has 0 aliphatic rings. The van der Waals surface area contributed by atoms with Crippen molar-refractivity contribution >= 4 is 10.0 Å². The number of halogens is 2. The van der Waals surface area contributed by atoms with Crippen LogP contribution in [0.25, 0.3) is 0 Å². The van der Waals surface area contributed by atoms with Crippen LogP contribution >= 0.6 is 0 Å². The molecule has 1 rings (SSSR count). The minimum atomic E-state index is -4.16. The third-order valence-electron chi connectivity index (χ3n) is 2.63. The molecule has 1 unspecified atom stereocenters. The first-order chi connectivity index (χ1) is 8.06. The summed E-state index contributed by atoms with van der Waals surface area (Å²) in [5.74, 6) is -2.04. The maximum atomic E-state index is 13.4. The predicted octanol–water partition coefficient (Wildman–Crippen LogP) is 1.40. The Kier molecular flexibility index (Phi) is 4.09. The number of nitrogens with one attached hydrogen (secondary N) is 1. The van der Waals surface area contributed by atoms with Gasteiger partial charge in [0.05, 0.1) is 11.6 Å². The van der Waals surface area contributed by atoms with E-state index in [1.54, 1.807) is 0 Å². The molecule has 0 heterocycles. The van der Waals surface area contributed by atoms with Crippen LogP contribution in [-0.2, 0) is 10.0 Å². The monoisotopic (exact) mass is 279 g/mol. The molecule has 0 aliphatic carbocycles. The molecular formula is C11H15F2NO3S. The van der Waals surface area contributed by atoms with Crippen LogP contribution in [0.4, 0.5) is 8.78 Å². The van der Waals surface area contributed by atoms with Gasteiger partial charge in [-0.3, -0.25) is 0 Å². The van der Waals surface area contributed by atoms with Crippen LogP contribution in [0, 0.1) is 11.6 Å². The molecule has 0 aliphatic heterocycles. The summed E-state index contributed by atoms with van der Waals surface area (Å²) in [6.45, 7) is 4.32. The Labute approximate surface area is 105 Å². The lowest BCUT2D eigenvalue weighted by Gasteiger charge is -2.28. The highest BCUT2D eigenvalue weighted by molar-refractivity contribution is 7.89. The Balaban J connectivity index is 3.15. The Morgan fingerprint density at radius 1 is 1.33 bits per heavy atom. The molecule has 0 bridgehead atoms. The van der Waals surface area contributed by atoms with E-state index < -0.39 is 38.2 Å². The fourth-order valence-electron chi connectivity index (χ4n) is 1.18. The largest absolute Gasteiger partial charge is 0.391 e. The van der Waals surface area contributed by atoms with Gasteiger partial charge in [-0.15, -0.1) is 0 Å². The van der Waals surface area contributed by atoms with Crippen LogP contribution in [0.15, 0.2) is 23.1 Å². The van der Waals surface area contributed by atoms with Gasteiger partial charge in [-0.05, 0) is 32.9 Å². The van der Waals surface area contributed by atoms with Crippen molar-refractivity contribution in [2.24, 2.45) is 0 Å². The van der Waals surface area contributed by atoms with Gasteiger partial charge in [0.2, 0.25) is 10.0 Å². The second kappa shape index (κ2) is 4.91. The predicted molar refractivity (Wildman–Crippen MR) is 62.4 cm³/mol. The van der Waals surface area contributed by atoms with Gasteiger partial charge in [0.1, 0.15) is 16.5 Å². The molecule has 102 valence electrons. The molecule has 1 aromatic rings. The van der Waals surface area contributed by atoms with Crippen molar-refractivity contribution in [3.05, 3.63) is 29.8 Å². The zero-order chi connectivity index (χ0) is 14.1. The van der Waals surface area contributed by atoms with Crippen molar-refractivity contribution in [3.8, 4) is 0 Å². The lowest BCUT2D eigenvalue weighted by atomic mass is 10.0. The molecule has 0 spiro atoms. The van der Waals surface area contributed by atoms with E-state index in [-0.39, 0.29) is 0 Å². The first-order valence-corrected chi connectivity index (χ1v) is 6.71. The molecule has 0 amide bonds. The number of benzene rings is 1. The molecule has 18 heavy (non-hydrogen) atoms. The molecule has 2 N–H and O–H groups in total. The zero-order valence-corrected chi connectivity index (χ0v) is 11.1. The van der Waals surface area contributed by atoms with Gasteiger partial charge in [-0.2, -0.15) is 0 Å². The maximum absolute atomic E-state index is 13.4. The van der Waals surface area contributed by atoms with Crippen molar-refractivity contribution in [3.63, 3.8) is 0 Å². The lowest BCUT2D eigenvalue weighted by molar-refractivity contribution is 0.111.